The maximum absolute atomic E-state index is 13.8. The number of benzene rings is 1. The van der Waals surface area contributed by atoms with Crippen LogP contribution in [0.4, 0.5) is 9.18 Å². The maximum Gasteiger partial charge on any atom is 0.410 e. The number of piperidine rings is 1. The molecule has 26 heavy (non-hydrogen) atoms. The number of rotatable bonds is 4. The first-order chi connectivity index (χ1) is 12.3. The molecule has 0 saturated carbocycles. The lowest BCUT2D eigenvalue weighted by molar-refractivity contribution is -0.00711. The average molecular weight is 365 g/mol. The normalized spacial score (nSPS) is 25.3. The molecule has 3 atom stereocenters. The molecule has 144 valence electrons. The highest BCUT2D eigenvalue weighted by Crippen LogP contribution is 2.38. The van der Waals surface area contributed by atoms with Gasteiger partial charge in [-0.3, -0.25) is 0 Å². The van der Waals surface area contributed by atoms with Gasteiger partial charge in [-0.25, -0.2) is 9.18 Å². The van der Waals surface area contributed by atoms with Crippen LogP contribution in [0, 0.1) is 5.82 Å². The second kappa shape index (κ2) is 7.43. The second-order valence-electron chi connectivity index (χ2n) is 8.17. The zero-order valence-electron chi connectivity index (χ0n) is 16.0. The number of ether oxygens (including phenoxy) is 3. The summed E-state index contributed by atoms with van der Waals surface area (Å²) >= 11 is 0. The van der Waals surface area contributed by atoms with Crippen LogP contribution in [0.25, 0.3) is 0 Å². The molecule has 6 heteroatoms. The van der Waals surface area contributed by atoms with E-state index in [2.05, 4.69) is 0 Å². The Labute approximate surface area is 154 Å². The molecular formula is C20H28FNO4. The van der Waals surface area contributed by atoms with Crippen LogP contribution in [0.15, 0.2) is 18.2 Å². The third kappa shape index (κ3) is 4.29. The van der Waals surface area contributed by atoms with Gasteiger partial charge >= 0.3 is 6.09 Å². The predicted octanol–water partition coefficient (Wildman–Crippen LogP) is 4.28. The zero-order chi connectivity index (χ0) is 18.9. The van der Waals surface area contributed by atoms with Crippen LogP contribution in [-0.2, 0) is 16.1 Å². The summed E-state index contributed by atoms with van der Waals surface area (Å²) in [7, 11) is 1.54. The van der Waals surface area contributed by atoms with E-state index in [0.29, 0.717) is 11.3 Å². The van der Waals surface area contributed by atoms with E-state index in [0.717, 1.165) is 25.7 Å². The Morgan fingerprint density at radius 1 is 1.23 bits per heavy atom. The Morgan fingerprint density at radius 3 is 2.46 bits per heavy atom. The van der Waals surface area contributed by atoms with Gasteiger partial charge in [-0.05, 0) is 51.8 Å². The van der Waals surface area contributed by atoms with E-state index < -0.39 is 5.60 Å². The van der Waals surface area contributed by atoms with Gasteiger partial charge in [0.25, 0.3) is 0 Å². The highest BCUT2D eigenvalue weighted by Gasteiger charge is 2.45. The molecule has 3 rings (SSSR count). The summed E-state index contributed by atoms with van der Waals surface area (Å²) in [5.41, 5.74) is -0.00501. The smallest absolute Gasteiger partial charge is 0.410 e. The van der Waals surface area contributed by atoms with Crippen molar-refractivity contribution in [1.29, 1.82) is 0 Å². The number of carbonyl (C=O) groups excluding carboxylic acids is 1. The zero-order valence-corrected chi connectivity index (χ0v) is 16.0. The Morgan fingerprint density at radius 2 is 1.88 bits per heavy atom. The van der Waals surface area contributed by atoms with Gasteiger partial charge in [0.1, 0.15) is 23.3 Å². The number of amides is 1. The topological polar surface area (TPSA) is 48.0 Å². The molecule has 2 saturated heterocycles. The minimum absolute atomic E-state index is 0.0204. The highest BCUT2D eigenvalue weighted by molar-refractivity contribution is 5.69. The van der Waals surface area contributed by atoms with E-state index in [-0.39, 0.29) is 36.7 Å². The lowest BCUT2D eigenvalue weighted by atomic mass is 10.00. The monoisotopic (exact) mass is 365 g/mol. The molecule has 2 heterocycles. The summed E-state index contributed by atoms with van der Waals surface area (Å²) in [4.78, 5) is 14.4. The fraction of sp³-hybridized carbons (Fsp3) is 0.650. The number of halogens is 1. The Balaban J connectivity index is 1.64. The Kier molecular flexibility index (Phi) is 5.42. The number of hydrogen-bond donors (Lipinski definition) is 0. The van der Waals surface area contributed by atoms with Crippen LogP contribution in [0.5, 0.6) is 5.75 Å². The molecule has 2 aliphatic heterocycles. The first-order valence-electron chi connectivity index (χ1n) is 9.22. The van der Waals surface area contributed by atoms with Crippen molar-refractivity contribution in [1.82, 2.24) is 4.90 Å². The molecule has 0 spiro atoms. The van der Waals surface area contributed by atoms with Crippen molar-refractivity contribution in [2.45, 2.75) is 76.9 Å². The van der Waals surface area contributed by atoms with E-state index in [1.807, 2.05) is 25.7 Å². The van der Waals surface area contributed by atoms with Crippen LogP contribution < -0.4 is 4.74 Å². The summed E-state index contributed by atoms with van der Waals surface area (Å²) < 4.78 is 30.4. The Bertz CT molecular complexity index is 644. The van der Waals surface area contributed by atoms with Crippen molar-refractivity contribution in [3.05, 3.63) is 29.6 Å². The van der Waals surface area contributed by atoms with Crippen molar-refractivity contribution >= 4 is 6.09 Å². The number of methoxy groups -OCH3 is 1. The summed E-state index contributed by atoms with van der Waals surface area (Å²) in [6.07, 6.45) is 3.28. The number of nitrogens with zero attached hydrogens (tertiary/aromatic N) is 1. The molecule has 2 bridgehead atoms. The van der Waals surface area contributed by atoms with Gasteiger partial charge < -0.3 is 19.1 Å². The van der Waals surface area contributed by atoms with Gasteiger partial charge in [-0.15, -0.1) is 0 Å². The van der Waals surface area contributed by atoms with Gasteiger partial charge in [0, 0.05) is 37.6 Å². The number of carbonyl (C=O) groups is 1. The molecule has 5 nitrogen and oxygen atoms in total. The molecule has 0 aromatic heterocycles. The van der Waals surface area contributed by atoms with Crippen molar-refractivity contribution in [2.24, 2.45) is 0 Å². The van der Waals surface area contributed by atoms with Gasteiger partial charge in [0.2, 0.25) is 0 Å². The third-order valence-corrected chi connectivity index (χ3v) is 4.91. The van der Waals surface area contributed by atoms with Crippen LogP contribution in [-0.4, -0.2) is 41.9 Å². The summed E-state index contributed by atoms with van der Waals surface area (Å²) in [6.45, 7) is 5.86. The first kappa shape index (κ1) is 19.0. The van der Waals surface area contributed by atoms with Gasteiger partial charge in [0.15, 0.2) is 0 Å². The van der Waals surface area contributed by atoms with Crippen LogP contribution in [0.2, 0.25) is 0 Å². The molecule has 0 unspecified atom stereocenters. The van der Waals surface area contributed by atoms with Gasteiger partial charge in [-0.1, -0.05) is 0 Å². The predicted molar refractivity (Wildman–Crippen MR) is 95.6 cm³/mol. The SMILES string of the molecule is COCc1cc(O[C@H]2C[C@H]3CC[C@@H](C2)N3C(=O)OC(C)(C)C)ccc1F. The van der Waals surface area contributed by atoms with Crippen molar-refractivity contribution < 1.29 is 23.4 Å². The first-order valence-corrected chi connectivity index (χ1v) is 9.22. The van der Waals surface area contributed by atoms with E-state index in [4.69, 9.17) is 14.2 Å². The van der Waals surface area contributed by atoms with E-state index in [9.17, 15) is 9.18 Å². The van der Waals surface area contributed by atoms with Gasteiger partial charge in [-0.2, -0.15) is 0 Å². The van der Waals surface area contributed by atoms with E-state index in [1.54, 1.807) is 12.1 Å². The summed E-state index contributed by atoms with van der Waals surface area (Å²) in [6, 6.07) is 5.05. The summed E-state index contributed by atoms with van der Waals surface area (Å²) in [5, 5.41) is 0. The molecule has 1 amide bonds. The molecule has 2 aliphatic rings. The lowest BCUT2D eigenvalue weighted by Gasteiger charge is -2.39. The highest BCUT2D eigenvalue weighted by atomic mass is 19.1. The molecule has 1 aromatic rings. The van der Waals surface area contributed by atoms with Gasteiger partial charge in [0.05, 0.1) is 6.61 Å². The summed E-state index contributed by atoms with van der Waals surface area (Å²) in [5.74, 6) is 0.354. The van der Waals surface area contributed by atoms with Crippen molar-refractivity contribution in [3.8, 4) is 5.75 Å². The minimum atomic E-state index is -0.490. The van der Waals surface area contributed by atoms with E-state index >= 15 is 0 Å². The van der Waals surface area contributed by atoms with Crippen LogP contribution >= 0.6 is 0 Å². The van der Waals surface area contributed by atoms with Crippen molar-refractivity contribution in [3.63, 3.8) is 0 Å². The molecule has 2 fully saturated rings. The number of hydrogen-bond acceptors (Lipinski definition) is 4. The minimum Gasteiger partial charge on any atom is -0.490 e. The molecule has 0 aliphatic carbocycles. The Hall–Kier alpha value is -1.82. The fourth-order valence-electron chi connectivity index (χ4n) is 3.92. The average Bonchev–Trinajstić information content (AvgIpc) is 2.81. The maximum atomic E-state index is 13.8. The van der Waals surface area contributed by atoms with Crippen LogP contribution in [0.3, 0.4) is 0 Å². The van der Waals surface area contributed by atoms with Crippen LogP contribution in [0.1, 0.15) is 52.0 Å². The quantitative estimate of drug-likeness (QED) is 0.799. The number of fused-ring (bicyclic) bond motifs is 2. The molecular weight excluding hydrogens is 337 g/mol. The third-order valence-electron chi connectivity index (χ3n) is 4.91. The standard InChI is InChI=1S/C20H28FNO4/c1-20(2,3)26-19(23)22-14-5-6-15(22)11-17(10-14)25-16-7-8-18(21)13(9-16)12-24-4/h7-9,14-15,17H,5-6,10-12H2,1-4H3/t14-,15+,17+. The fourth-order valence-corrected chi connectivity index (χ4v) is 3.92. The molecule has 0 N–H and O–H groups in total. The molecule has 1 aromatic carbocycles. The second-order valence-corrected chi connectivity index (χ2v) is 8.17. The molecule has 0 radical (unpaired) electrons. The largest absolute Gasteiger partial charge is 0.490 e. The van der Waals surface area contributed by atoms with E-state index in [1.165, 1.54) is 13.2 Å². The van der Waals surface area contributed by atoms with Crippen molar-refractivity contribution in [2.75, 3.05) is 7.11 Å². The lowest BCUT2D eigenvalue weighted by Crippen LogP contribution is -2.50.